The molecule has 0 fully saturated rings. The molecule has 0 unspecified atom stereocenters. The van der Waals surface area contributed by atoms with Crippen LogP contribution in [0, 0.1) is 10.1 Å². The predicted molar refractivity (Wildman–Crippen MR) is 89.4 cm³/mol. The molecule has 132 valence electrons. The molecule has 2 rings (SSSR count). The van der Waals surface area contributed by atoms with Crippen molar-refractivity contribution in [3.05, 3.63) is 70.3 Å². The summed E-state index contributed by atoms with van der Waals surface area (Å²) in [6.07, 6.45) is 0.0490. The Balaban J connectivity index is 2.34. The molecule has 1 atom stereocenters. The molecule has 0 aliphatic carbocycles. The van der Waals surface area contributed by atoms with Crippen LogP contribution in [0.5, 0.6) is 0 Å². The van der Waals surface area contributed by atoms with E-state index in [1.807, 2.05) is 0 Å². The number of para-hydroxylation sites is 1. The fourth-order valence-corrected chi connectivity index (χ4v) is 3.61. The van der Waals surface area contributed by atoms with Crippen molar-refractivity contribution in [1.29, 1.82) is 0 Å². The first-order valence-corrected chi connectivity index (χ1v) is 8.71. The number of hydrogen-bond acceptors (Lipinski definition) is 6. The first-order valence-electron chi connectivity index (χ1n) is 7.22. The zero-order chi connectivity index (χ0) is 18.4. The first kappa shape index (κ1) is 18.6. The Kier molecular flexibility index (Phi) is 5.84. The fourth-order valence-electron chi connectivity index (χ4n) is 2.25. The van der Waals surface area contributed by atoms with E-state index in [4.69, 9.17) is 0 Å². The molecule has 9 heteroatoms. The minimum absolute atomic E-state index is 0.0490. The van der Waals surface area contributed by atoms with E-state index in [2.05, 4.69) is 9.46 Å². The molecule has 0 saturated carbocycles. The van der Waals surface area contributed by atoms with Crippen LogP contribution in [0.3, 0.4) is 0 Å². The van der Waals surface area contributed by atoms with Gasteiger partial charge in [0.25, 0.3) is 5.69 Å². The molecule has 0 aromatic heterocycles. The monoisotopic (exact) mass is 364 g/mol. The molecule has 2 aromatic rings. The third-order valence-corrected chi connectivity index (χ3v) is 4.94. The van der Waals surface area contributed by atoms with Crippen molar-refractivity contribution < 1.29 is 22.9 Å². The Morgan fingerprint density at radius 3 is 2.36 bits per heavy atom. The van der Waals surface area contributed by atoms with E-state index in [0.717, 1.165) is 19.2 Å². The zero-order valence-corrected chi connectivity index (χ0v) is 14.1. The Hall–Kier alpha value is -2.78. The molecule has 25 heavy (non-hydrogen) atoms. The third-order valence-electron chi connectivity index (χ3n) is 3.42. The van der Waals surface area contributed by atoms with Gasteiger partial charge in [0.1, 0.15) is 6.04 Å². The van der Waals surface area contributed by atoms with E-state index in [0.29, 0.717) is 5.56 Å². The summed E-state index contributed by atoms with van der Waals surface area (Å²) in [6.45, 7) is 0. The maximum absolute atomic E-state index is 12.6. The third kappa shape index (κ3) is 4.61. The molecule has 0 heterocycles. The van der Waals surface area contributed by atoms with Crippen LogP contribution < -0.4 is 4.72 Å². The van der Waals surface area contributed by atoms with Gasteiger partial charge in [-0.15, -0.1) is 0 Å². The van der Waals surface area contributed by atoms with Gasteiger partial charge in [-0.1, -0.05) is 42.5 Å². The van der Waals surface area contributed by atoms with Crippen LogP contribution in [0.2, 0.25) is 0 Å². The van der Waals surface area contributed by atoms with Gasteiger partial charge in [-0.25, -0.2) is 8.42 Å². The van der Waals surface area contributed by atoms with Crippen molar-refractivity contribution in [3.63, 3.8) is 0 Å². The number of sulfonamides is 1. The second-order valence-electron chi connectivity index (χ2n) is 5.11. The van der Waals surface area contributed by atoms with E-state index in [-0.39, 0.29) is 6.42 Å². The predicted octanol–water partition coefficient (Wildman–Crippen LogP) is 1.66. The number of hydrogen-bond donors (Lipinski definition) is 1. The average molecular weight is 364 g/mol. The lowest BCUT2D eigenvalue weighted by Crippen LogP contribution is -2.43. The Morgan fingerprint density at radius 1 is 1.16 bits per heavy atom. The van der Waals surface area contributed by atoms with Crippen molar-refractivity contribution in [2.24, 2.45) is 0 Å². The summed E-state index contributed by atoms with van der Waals surface area (Å²) >= 11 is 0. The molecule has 8 nitrogen and oxygen atoms in total. The van der Waals surface area contributed by atoms with Crippen LogP contribution in [-0.2, 0) is 26.0 Å². The Labute approximate surface area is 144 Å². The molecule has 0 aliphatic heterocycles. The van der Waals surface area contributed by atoms with Crippen LogP contribution in [0.1, 0.15) is 5.56 Å². The number of nitro benzene ring substituents is 1. The SMILES string of the molecule is COC(=O)[C@@H](Cc1ccccc1)NS(=O)(=O)c1ccccc1[N+](=O)[O-]. The molecule has 0 spiro atoms. The number of methoxy groups -OCH3 is 1. The molecular weight excluding hydrogens is 348 g/mol. The molecule has 0 aliphatic rings. The highest BCUT2D eigenvalue weighted by Crippen LogP contribution is 2.23. The molecule has 0 radical (unpaired) electrons. The van der Waals surface area contributed by atoms with Crippen molar-refractivity contribution in [3.8, 4) is 0 Å². The van der Waals surface area contributed by atoms with E-state index in [1.165, 1.54) is 12.1 Å². The second kappa shape index (κ2) is 7.86. The minimum atomic E-state index is -4.30. The van der Waals surface area contributed by atoms with Crippen molar-refractivity contribution in [2.75, 3.05) is 7.11 Å². The van der Waals surface area contributed by atoms with Gasteiger partial charge in [0.15, 0.2) is 4.90 Å². The van der Waals surface area contributed by atoms with Crippen LogP contribution in [-0.4, -0.2) is 32.5 Å². The van der Waals surface area contributed by atoms with E-state index in [1.54, 1.807) is 30.3 Å². The van der Waals surface area contributed by atoms with Crippen LogP contribution in [0.25, 0.3) is 0 Å². The van der Waals surface area contributed by atoms with Gasteiger partial charge < -0.3 is 4.74 Å². The number of nitro groups is 1. The number of carbonyl (C=O) groups excluding carboxylic acids is 1. The van der Waals surface area contributed by atoms with Crippen molar-refractivity contribution in [2.45, 2.75) is 17.4 Å². The molecular formula is C16H16N2O6S. The lowest BCUT2D eigenvalue weighted by atomic mass is 10.1. The Morgan fingerprint density at radius 2 is 1.76 bits per heavy atom. The van der Waals surface area contributed by atoms with Gasteiger partial charge in [-0.3, -0.25) is 14.9 Å². The number of nitrogens with one attached hydrogen (secondary N) is 1. The molecule has 0 amide bonds. The number of nitrogens with zero attached hydrogens (tertiary/aromatic N) is 1. The molecule has 2 aromatic carbocycles. The number of benzene rings is 2. The summed E-state index contributed by atoms with van der Waals surface area (Å²) in [5.41, 5.74) is 0.140. The van der Waals surface area contributed by atoms with E-state index in [9.17, 15) is 23.3 Å². The van der Waals surface area contributed by atoms with Gasteiger partial charge in [0.2, 0.25) is 10.0 Å². The fraction of sp³-hybridized carbons (Fsp3) is 0.188. The van der Waals surface area contributed by atoms with Gasteiger partial charge in [0.05, 0.1) is 12.0 Å². The minimum Gasteiger partial charge on any atom is -0.468 e. The quantitative estimate of drug-likeness (QED) is 0.454. The maximum Gasteiger partial charge on any atom is 0.324 e. The van der Waals surface area contributed by atoms with Gasteiger partial charge in [0, 0.05) is 6.07 Å². The molecule has 0 saturated heterocycles. The lowest BCUT2D eigenvalue weighted by molar-refractivity contribution is -0.387. The van der Waals surface area contributed by atoms with Gasteiger partial charge in [-0.05, 0) is 18.1 Å². The standard InChI is InChI=1S/C16H16N2O6S/c1-24-16(19)13(11-12-7-3-2-4-8-12)17-25(22,23)15-10-6-5-9-14(15)18(20)21/h2-10,13,17H,11H2,1H3/t13-/m1/s1. The highest BCUT2D eigenvalue weighted by atomic mass is 32.2. The Bertz CT molecular complexity index is 867. The number of esters is 1. The van der Waals surface area contributed by atoms with Gasteiger partial charge in [-0.2, -0.15) is 4.72 Å². The number of rotatable bonds is 7. The van der Waals surface area contributed by atoms with Crippen LogP contribution >= 0.6 is 0 Å². The summed E-state index contributed by atoms with van der Waals surface area (Å²) < 4.78 is 32.0. The zero-order valence-electron chi connectivity index (χ0n) is 13.3. The normalized spacial score (nSPS) is 12.4. The lowest BCUT2D eigenvalue weighted by Gasteiger charge is -2.16. The smallest absolute Gasteiger partial charge is 0.324 e. The van der Waals surface area contributed by atoms with Crippen molar-refractivity contribution in [1.82, 2.24) is 4.72 Å². The highest BCUT2D eigenvalue weighted by Gasteiger charge is 2.31. The molecule has 0 bridgehead atoms. The average Bonchev–Trinajstić information content (AvgIpc) is 2.61. The summed E-state index contributed by atoms with van der Waals surface area (Å²) in [5, 5.41) is 11.1. The second-order valence-corrected chi connectivity index (χ2v) is 6.79. The largest absolute Gasteiger partial charge is 0.468 e. The first-order chi connectivity index (χ1) is 11.8. The topological polar surface area (TPSA) is 116 Å². The van der Waals surface area contributed by atoms with Crippen molar-refractivity contribution >= 4 is 21.7 Å². The summed E-state index contributed by atoms with van der Waals surface area (Å²) in [7, 11) is -3.16. The van der Waals surface area contributed by atoms with E-state index < -0.39 is 37.5 Å². The van der Waals surface area contributed by atoms with Gasteiger partial charge >= 0.3 is 5.97 Å². The summed E-state index contributed by atoms with van der Waals surface area (Å²) in [4.78, 5) is 21.7. The number of ether oxygens (including phenoxy) is 1. The number of carbonyl (C=O) groups is 1. The summed E-state index contributed by atoms with van der Waals surface area (Å²) in [5.74, 6) is -0.786. The van der Waals surface area contributed by atoms with E-state index >= 15 is 0 Å². The maximum atomic E-state index is 12.6. The van der Waals surface area contributed by atoms with Crippen LogP contribution in [0.15, 0.2) is 59.5 Å². The molecule has 1 N–H and O–H groups in total. The van der Waals surface area contributed by atoms with Crippen LogP contribution in [0.4, 0.5) is 5.69 Å². The summed E-state index contributed by atoms with van der Waals surface area (Å²) in [6, 6.07) is 12.5. The highest BCUT2D eigenvalue weighted by molar-refractivity contribution is 7.89.